The van der Waals surface area contributed by atoms with Crippen LogP contribution in [0.5, 0.6) is 18.0 Å². The van der Waals surface area contributed by atoms with Gasteiger partial charge in [-0.2, -0.15) is 45.7 Å². The number of hydrogen-bond acceptors (Lipinski definition) is 25. The predicted molar refractivity (Wildman–Crippen MR) is 473 cm³/mol. The minimum absolute atomic E-state index is 0.0831. The molecule has 640 valence electrons. The van der Waals surface area contributed by atoms with Crippen molar-refractivity contribution in [3.8, 4) is 36.2 Å². The summed E-state index contributed by atoms with van der Waals surface area (Å²) < 4.78 is 19.5. The standard InChI is InChI=1S/C32H34BrN7O3.C31H36N8O2.C29H36ClN7O2/c1-3-28(41)40-16-15-38(17-22(40)12-13-34)30-25-18-39(31(42)24-10-4-7-21-8-5-11-26(33)29(21)24)19-27(25)35-32(36-30)43-20-23-9-6-14-37(23)2;1-3-28(40)39-16-15-38(18-24(39)11-12-32)30-26-19-37(17-23-8-4-7-22-9-5-13-33-29(22)23)20-27(26)34-31(35-30)41-21-25-10-6-14-36(25)2;1-4-26(38)37-14-13-36(16-22(37)10-11-31)28-24-17-35(15-21-8-5-7-20(2)27(21)30)18-25(24)32-29(33-28)39-19-23-9-6-12-34(23)3/h3-5,7-8,10-11,22-23H,1,6,9,12,14-20H2,2H3;3-5,7-9,13,24-25H,1,6,10-11,14-21H2,2H3;4-5,7-8,22-23H,1,6,9-10,12-19H2,2-3H3/t22-,23-;24-,25-;22-,23-/m000/s1. The Morgan fingerprint density at radius 3 is 1.34 bits per heavy atom. The van der Waals surface area contributed by atoms with Gasteiger partial charge in [-0.1, -0.05) is 114 Å². The van der Waals surface area contributed by atoms with Gasteiger partial charge >= 0.3 is 18.0 Å². The minimum Gasteiger partial charge on any atom is -0.462 e. The number of anilines is 3. The molecule has 4 amide bonds. The van der Waals surface area contributed by atoms with Crippen molar-refractivity contribution in [2.75, 3.05) is 134 Å². The molecule has 6 saturated heterocycles. The lowest BCUT2D eigenvalue weighted by Crippen LogP contribution is -2.55. The Morgan fingerprint density at radius 2 is 0.894 bits per heavy atom. The molecule has 4 aromatic carbocycles. The van der Waals surface area contributed by atoms with Crippen LogP contribution in [0, 0.1) is 40.9 Å². The Morgan fingerprint density at radius 1 is 0.488 bits per heavy atom. The van der Waals surface area contributed by atoms with Gasteiger partial charge in [-0.15, -0.1) is 0 Å². The van der Waals surface area contributed by atoms with Gasteiger partial charge in [0, 0.05) is 165 Å². The first-order valence-electron chi connectivity index (χ1n) is 42.6. The number of para-hydroxylation sites is 1. The van der Waals surface area contributed by atoms with Gasteiger partial charge in [0.05, 0.1) is 91.3 Å². The minimum atomic E-state index is -0.307. The van der Waals surface area contributed by atoms with E-state index >= 15 is 0 Å². The van der Waals surface area contributed by atoms with Crippen molar-refractivity contribution < 1.29 is 33.4 Å². The number of nitriles is 3. The van der Waals surface area contributed by atoms with Crippen molar-refractivity contribution in [2.45, 2.75) is 153 Å². The first-order chi connectivity index (χ1) is 59.8. The van der Waals surface area contributed by atoms with Crippen LogP contribution >= 0.6 is 27.5 Å². The molecule has 0 spiro atoms. The Hall–Kier alpha value is -11.3. The van der Waals surface area contributed by atoms with Crippen LogP contribution < -0.4 is 28.9 Å². The molecule has 4 aromatic heterocycles. The fraction of sp³-hybridized carbons (Fsp3) is 0.457. The molecule has 29 nitrogen and oxygen atoms in total. The topological polar surface area (TPSA) is 296 Å². The summed E-state index contributed by atoms with van der Waals surface area (Å²) in [6, 6.07) is 36.2. The number of carbonyl (C=O) groups excluding carboxylic acids is 4. The number of carbonyl (C=O) groups is 4. The summed E-state index contributed by atoms with van der Waals surface area (Å²) in [7, 11) is 6.36. The van der Waals surface area contributed by atoms with Crippen molar-refractivity contribution in [1.82, 2.24) is 79.0 Å². The van der Waals surface area contributed by atoms with Crippen molar-refractivity contribution in [3.63, 3.8) is 0 Å². The molecule has 0 unspecified atom stereocenters. The zero-order valence-corrected chi connectivity index (χ0v) is 72.9. The molecule has 8 aromatic rings. The van der Waals surface area contributed by atoms with Crippen LogP contribution in [-0.2, 0) is 66.7 Å². The number of likely N-dealkylation sites (tertiary alicyclic amines) is 3. The van der Waals surface area contributed by atoms with E-state index in [-0.39, 0.29) is 67.0 Å². The van der Waals surface area contributed by atoms with E-state index in [9.17, 15) is 35.0 Å². The van der Waals surface area contributed by atoms with E-state index in [4.69, 9.17) is 55.7 Å². The van der Waals surface area contributed by atoms with E-state index in [1.807, 2.05) is 67.7 Å². The molecule has 123 heavy (non-hydrogen) atoms. The first kappa shape index (κ1) is 86.7. The molecule has 0 N–H and O–H groups in total. The number of rotatable bonds is 23. The van der Waals surface area contributed by atoms with E-state index in [1.165, 1.54) is 36.6 Å². The SMILES string of the molecule is C=CC(=O)N1CCN(c2nc(OC[C@@H]3CCCN3C)nc3c2CN(C(=O)c2cccc4cccc(Br)c24)C3)C[C@@H]1CC#N.C=CC(=O)N1CCN(c2nc(OC[C@@H]3CCCN3C)nc3c2CN(Cc2cccc(C)c2Cl)C3)C[C@@H]1CC#N.C=CC(=O)N1CCN(c2nc(OC[C@@H]3CCCN3C)nc3c2CN(Cc2cccc4cccnc24)C3)C[C@@H]1CC#N. The Labute approximate surface area is 732 Å². The molecule has 9 aliphatic rings. The predicted octanol–water partition coefficient (Wildman–Crippen LogP) is 10.8. The van der Waals surface area contributed by atoms with Gasteiger partial charge in [0.2, 0.25) is 17.7 Å². The van der Waals surface area contributed by atoms with Crippen molar-refractivity contribution in [3.05, 3.63) is 195 Å². The highest BCUT2D eigenvalue weighted by Gasteiger charge is 2.41. The van der Waals surface area contributed by atoms with E-state index in [0.717, 1.165) is 140 Å². The van der Waals surface area contributed by atoms with E-state index in [0.29, 0.717) is 166 Å². The Bertz CT molecular complexity index is 5420. The van der Waals surface area contributed by atoms with E-state index in [1.54, 1.807) is 19.6 Å². The van der Waals surface area contributed by atoms with Gasteiger partial charge in [-0.25, -0.2) is 0 Å². The number of likely N-dealkylation sites (N-methyl/N-ethyl adjacent to an activating group) is 3. The van der Waals surface area contributed by atoms with E-state index in [2.05, 4.69) is 150 Å². The quantitative estimate of drug-likeness (QED) is 0.0537. The van der Waals surface area contributed by atoms with Crippen LogP contribution in [0.1, 0.15) is 119 Å². The summed E-state index contributed by atoms with van der Waals surface area (Å²) in [6.45, 7) is 27.3. The summed E-state index contributed by atoms with van der Waals surface area (Å²) in [5.74, 6) is 1.82. The number of amides is 4. The van der Waals surface area contributed by atoms with Crippen LogP contribution in [0.15, 0.2) is 134 Å². The smallest absolute Gasteiger partial charge is 0.318 e. The molecule has 13 heterocycles. The molecule has 17 rings (SSSR count). The molecule has 0 bridgehead atoms. The molecule has 6 fully saturated rings. The number of halogens is 2. The average molecular weight is 1750 g/mol. The zero-order chi connectivity index (χ0) is 86.0. The first-order valence-corrected chi connectivity index (χ1v) is 43.8. The number of benzene rings is 4. The molecule has 9 aliphatic heterocycles. The highest BCUT2D eigenvalue weighted by atomic mass is 79.9. The molecular weight excluding hydrogens is 1640 g/mol. The van der Waals surface area contributed by atoms with Gasteiger partial charge in [0.25, 0.3) is 5.91 Å². The highest BCUT2D eigenvalue weighted by molar-refractivity contribution is 9.10. The second kappa shape index (κ2) is 39.5. The average Bonchev–Trinajstić information content (AvgIpc) is 1.65. The van der Waals surface area contributed by atoms with Gasteiger partial charge in [-0.05, 0) is 145 Å². The monoisotopic (exact) mass is 1740 g/mol. The second-order valence-electron chi connectivity index (χ2n) is 33.3. The zero-order valence-electron chi connectivity index (χ0n) is 70.6. The second-order valence-corrected chi connectivity index (χ2v) is 34.5. The molecule has 0 aliphatic carbocycles. The van der Waals surface area contributed by atoms with Crippen molar-refractivity contribution >= 4 is 90.3 Å². The summed E-state index contributed by atoms with van der Waals surface area (Å²) in [6.07, 6.45) is 13.2. The van der Waals surface area contributed by atoms with Crippen LogP contribution in [0.4, 0.5) is 17.5 Å². The van der Waals surface area contributed by atoms with Gasteiger partial charge in [-0.3, -0.25) is 34.0 Å². The molecular formula is C92H106BrClN22O7. The maximum absolute atomic E-state index is 14.0. The van der Waals surface area contributed by atoms with Crippen LogP contribution in [0.25, 0.3) is 21.7 Å². The summed E-state index contributed by atoms with van der Waals surface area (Å²) in [5, 5.41) is 32.3. The third-order valence-corrected chi connectivity index (χ3v) is 26.6. The largest absolute Gasteiger partial charge is 0.462 e. The fourth-order valence-electron chi connectivity index (χ4n) is 18.7. The summed E-state index contributed by atoms with van der Waals surface area (Å²) >= 11 is 10.3. The van der Waals surface area contributed by atoms with Crippen LogP contribution in [-0.4, -0.2) is 258 Å². The number of nitrogens with zero attached hydrogens (tertiary/aromatic N) is 22. The van der Waals surface area contributed by atoms with Crippen LogP contribution in [0.3, 0.4) is 0 Å². The number of ether oxygens (including phenoxy) is 3. The molecule has 6 atom stereocenters. The number of pyridine rings is 1. The Kier molecular flexibility index (Phi) is 27.8. The number of aryl methyl sites for hydroxylation is 1. The van der Waals surface area contributed by atoms with Crippen molar-refractivity contribution in [1.29, 1.82) is 15.8 Å². The number of aromatic nitrogens is 7. The summed E-state index contributed by atoms with van der Waals surface area (Å²) in [4.78, 5) is 111. The lowest BCUT2D eigenvalue weighted by atomic mass is 10.0. The summed E-state index contributed by atoms with van der Waals surface area (Å²) in [5.41, 5.74) is 10.7. The van der Waals surface area contributed by atoms with Gasteiger partial charge in [0.15, 0.2) is 0 Å². The lowest BCUT2D eigenvalue weighted by Gasteiger charge is -2.41. The van der Waals surface area contributed by atoms with Gasteiger partial charge in [0.1, 0.15) is 37.3 Å². The Balaban J connectivity index is 0.000000143. The van der Waals surface area contributed by atoms with Crippen LogP contribution in [0.2, 0.25) is 5.02 Å². The lowest BCUT2D eigenvalue weighted by molar-refractivity contribution is -0.129. The van der Waals surface area contributed by atoms with E-state index < -0.39 is 0 Å². The number of fused-ring (bicyclic) bond motifs is 5. The van der Waals surface area contributed by atoms with Crippen molar-refractivity contribution in [2.24, 2.45) is 0 Å². The highest BCUT2D eigenvalue weighted by Crippen LogP contribution is 2.40. The van der Waals surface area contributed by atoms with Gasteiger partial charge < -0.3 is 63.2 Å². The molecule has 31 heteroatoms. The third kappa shape index (κ3) is 19.6. The third-order valence-electron chi connectivity index (χ3n) is 25.4. The maximum atomic E-state index is 14.0. The number of piperazine rings is 3. The maximum Gasteiger partial charge on any atom is 0.318 e. The fourth-order valence-corrected chi connectivity index (χ4v) is 19.4. The molecule has 0 radical (unpaired) electrons. The molecule has 0 saturated carbocycles. The normalized spacial score (nSPS) is 21.0. The number of hydrogen-bond donors (Lipinski definition) is 0.